The van der Waals surface area contributed by atoms with Crippen LogP contribution in [0.25, 0.3) is 10.8 Å². The monoisotopic (exact) mass is 321 g/mol. The van der Waals surface area contributed by atoms with E-state index in [0.717, 1.165) is 30.8 Å². The fourth-order valence-corrected chi connectivity index (χ4v) is 2.83. The molecular formula is C21H23NO2. The topological polar surface area (TPSA) is 32.7 Å². The average molecular weight is 321 g/mol. The van der Waals surface area contributed by atoms with Gasteiger partial charge in [-0.25, -0.2) is 0 Å². The molecule has 1 N–H and O–H groups in total. The minimum Gasteiger partial charge on any atom is -0.508 e. The quantitative estimate of drug-likeness (QED) is 0.653. The molecule has 0 spiro atoms. The molecule has 0 amide bonds. The SMILES string of the molecule is CN(CCCOc1ccc2ccccc2c1)Cc1cccc(O)c1. The van der Waals surface area contributed by atoms with Crippen LogP contribution >= 0.6 is 0 Å². The highest BCUT2D eigenvalue weighted by molar-refractivity contribution is 5.83. The van der Waals surface area contributed by atoms with Crippen molar-refractivity contribution in [3.05, 3.63) is 72.3 Å². The zero-order chi connectivity index (χ0) is 16.8. The second-order valence-electron chi connectivity index (χ2n) is 6.12. The number of hydrogen-bond donors (Lipinski definition) is 1. The van der Waals surface area contributed by atoms with Gasteiger partial charge in [0.2, 0.25) is 0 Å². The molecule has 0 radical (unpaired) electrons. The lowest BCUT2D eigenvalue weighted by Gasteiger charge is -2.17. The number of fused-ring (bicyclic) bond motifs is 1. The van der Waals surface area contributed by atoms with Crippen LogP contribution in [-0.2, 0) is 6.54 Å². The van der Waals surface area contributed by atoms with Crippen molar-refractivity contribution in [3.63, 3.8) is 0 Å². The van der Waals surface area contributed by atoms with E-state index in [1.165, 1.54) is 10.8 Å². The molecule has 3 rings (SSSR count). The van der Waals surface area contributed by atoms with Gasteiger partial charge < -0.3 is 14.7 Å². The van der Waals surface area contributed by atoms with Crippen molar-refractivity contribution >= 4 is 10.8 Å². The summed E-state index contributed by atoms with van der Waals surface area (Å²) in [5.74, 6) is 1.24. The molecule has 3 aromatic carbocycles. The van der Waals surface area contributed by atoms with Crippen LogP contribution in [0.2, 0.25) is 0 Å². The van der Waals surface area contributed by atoms with Crippen LogP contribution in [0.5, 0.6) is 11.5 Å². The summed E-state index contributed by atoms with van der Waals surface area (Å²) in [6.45, 7) is 2.47. The third-order valence-electron chi connectivity index (χ3n) is 4.04. The van der Waals surface area contributed by atoms with Crippen LogP contribution in [0.15, 0.2) is 66.7 Å². The predicted molar refractivity (Wildman–Crippen MR) is 98.5 cm³/mol. The van der Waals surface area contributed by atoms with E-state index in [4.69, 9.17) is 4.74 Å². The van der Waals surface area contributed by atoms with Crippen molar-refractivity contribution in [2.24, 2.45) is 0 Å². The zero-order valence-corrected chi connectivity index (χ0v) is 14.0. The van der Waals surface area contributed by atoms with Gasteiger partial charge >= 0.3 is 0 Å². The molecule has 0 unspecified atom stereocenters. The number of phenolic OH excluding ortho intramolecular Hbond substituents is 1. The van der Waals surface area contributed by atoms with Crippen LogP contribution in [0.4, 0.5) is 0 Å². The third-order valence-corrected chi connectivity index (χ3v) is 4.04. The Labute approximate surface area is 143 Å². The molecule has 0 fully saturated rings. The maximum absolute atomic E-state index is 9.50. The Kier molecular flexibility index (Phi) is 5.34. The molecule has 0 saturated carbocycles. The van der Waals surface area contributed by atoms with Gasteiger partial charge in [0.1, 0.15) is 11.5 Å². The first-order valence-corrected chi connectivity index (χ1v) is 8.29. The number of aromatic hydroxyl groups is 1. The minimum atomic E-state index is 0.320. The first-order chi connectivity index (χ1) is 11.7. The molecule has 24 heavy (non-hydrogen) atoms. The number of nitrogens with zero attached hydrogens (tertiary/aromatic N) is 1. The lowest BCUT2D eigenvalue weighted by atomic mass is 10.1. The molecule has 0 aromatic heterocycles. The van der Waals surface area contributed by atoms with Crippen molar-refractivity contribution in [2.45, 2.75) is 13.0 Å². The first-order valence-electron chi connectivity index (χ1n) is 8.29. The smallest absolute Gasteiger partial charge is 0.119 e. The highest BCUT2D eigenvalue weighted by Gasteiger charge is 2.02. The van der Waals surface area contributed by atoms with Gasteiger partial charge in [0.05, 0.1) is 6.61 Å². The van der Waals surface area contributed by atoms with Gasteiger partial charge in [-0.3, -0.25) is 0 Å². The maximum atomic E-state index is 9.50. The van der Waals surface area contributed by atoms with Crippen molar-refractivity contribution in [1.82, 2.24) is 4.90 Å². The van der Waals surface area contributed by atoms with Gasteiger partial charge in [0.15, 0.2) is 0 Å². The Morgan fingerprint density at radius 1 is 0.917 bits per heavy atom. The number of rotatable bonds is 7. The van der Waals surface area contributed by atoms with E-state index >= 15 is 0 Å². The maximum Gasteiger partial charge on any atom is 0.119 e. The number of hydrogen-bond acceptors (Lipinski definition) is 3. The van der Waals surface area contributed by atoms with Crippen molar-refractivity contribution < 1.29 is 9.84 Å². The Morgan fingerprint density at radius 2 is 1.75 bits per heavy atom. The van der Waals surface area contributed by atoms with Gasteiger partial charge in [-0.05, 0) is 54.1 Å². The number of phenols is 1. The predicted octanol–water partition coefficient (Wildman–Crippen LogP) is 4.45. The summed E-state index contributed by atoms with van der Waals surface area (Å²) >= 11 is 0. The fourth-order valence-electron chi connectivity index (χ4n) is 2.83. The van der Waals surface area contributed by atoms with Crippen LogP contribution in [-0.4, -0.2) is 30.2 Å². The van der Waals surface area contributed by atoms with Gasteiger partial charge in [-0.15, -0.1) is 0 Å². The van der Waals surface area contributed by atoms with Crippen LogP contribution in [0.3, 0.4) is 0 Å². The van der Waals surface area contributed by atoms with Gasteiger partial charge in [0, 0.05) is 13.1 Å². The first kappa shape index (κ1) is 16.3. The normalized spacial score (nSPS) is 11.1. The Morgan fingerprint density at radius 3 is 2.58 bits per heavy atom. The average Bonchev–Trinajstić information content (AvgIpc) is 2.58. The van der Waals surface area contributed by atoms with E-state index in [0.29, 0.717) is 12.4 Å². The summed E-state index contributed by atoms with van der Waals surface area (Å²) in [5.41, 5.74) is 1.12. The van der Waals surface area contributed by atoms with Crippen LogP contribution in [0.1, 0.15) is 12.0 Å². The molecule has 0 aliphatic rings. The molecular weight excluding hydrogens is 298 g/mol. The Balaban J connectivity index is 1.44. The van der Waals surface area contributed by atoms with E-state index in [9.17, 15) is 5.11 Å². The molecule has 0 aliphatic carbocycles. The van der Waals surface area contributed by atoms with E-state index in [2.05, 4.69) is 36.2 Å². The lowest BCUT2D eigenvalue weighted by molar-refractivity contribution is 0.259. The largest absolute Gasteiger partial charge is 0.508 e. The number of ether oxygens (including phenoxy) is 1. The molecule has 0 atom stereocenters. The van der Waals surface area contributed by atoms with Gasteiger partial charge in [-0.1, -0.05) is 42.5 Å². The van der Waals surface area contributed by atoms with Gasteiger partial charge in [0.25, 0.3) is 0 Å². The Hall–Kier alpha value is -2.52. The Bertz CT molecular complexity index is 800. The summed E-state index contributed by atoms with van der Waals surface area (Å²) in [6, 6.07) is 21.9. The molecule has 3 aromatic rings. The number of benzene rings is 3. The zero-order valence-electron chi connectivity index (χ0n) is 14.0. The lowest BCUT2D eigenvalue weighted by Crippen LogP contribution is -2.20. The minimum absolute atomic E-state index is 0.320. The second-order valence-corrected chi connectivity index (χ2v) is 6.12. The fraction of sp³-hybridized carbons (Fsp3) is 0.238. The van der Waals surface area contributed by atoms with E-state index < -0.39 is 0 Å². The molecule has 3 nitrogen and oxygen atoms in total. The summed E-state index contributed by atoms with van der Waals surface area (Å²) < 4.78 is 5.87. The van der Waals surface area contributed by atoms with E-state index in [1.54, 1.807) is 6.07 Å². The molecule has 0 saturated heterocycles. The molecule has 124 valence electrons. The molecule has 3 heteroatoms. The highest BCUT2D eigenvalue weighted by atomic mass is 16.5. The van der Waals surface area contributed by atoms with Crippen molar-refractivity contribution in [3.8, 4) is 11.5 Å². The standard InChI is InChI=1S/C21H23NO2/c1-22(16-17-6-4-9-20(23)14-17)12-5-13-24-21-11-10-18-7-2-3-8-19(18)15-21/h2-4,6-11,14-15,23H,5,12-13,16H2,1H3. The summed E-state index contributed by atoms with van der Waals surface area (Å²) in [7, 11) is 2.08. The van der Waals surface area contributed by atoms with E-state index in [1.807, 2.05) is 36.4 Å². The third kappa shape index (κ3) is 4.49. The van der Waals surface area contributed by atoms with E-state index in [-0.39, 0.29) is 0 Å². The highest BCUT2D eigenvalue weighted by Crippen LogP contribution is 2.20. The van der Waals surface area contributed by atoms with Crippen molar-refractivity contribution in [2.75, 3.05) is 20.2 Å². The molecule has 0 bridgehead atoms. The summed E-state index contributed by atoms with van der Waals surface area (Å²) in [5, 5.41) is 11.9. The summed E-state index contributed by atoms with van der Waals surface area (Å²) in [4.78, 5) is 2.23. The summed E-state index contributed by atoms with van der Waals surface area (Å²) in [6.07, 6.45) is 0.960. The van der Waals surface area contributed by atoms with Crippen LogP contribution < -0.4 is 4.74 Å². The van der Waals surface area contributed by atoms with Gasteiger partial charge in [-0.2, -0.15) is 0 Å². The van der Waals surface area contributed by atoms with Crippen LogP contribution in [0, 0.1) is 0 Å². The van der Waals surface area contributed by atoms with Crippen molar-refractivity contribution in [1.29, 1.82) is 0 Å². The molecule has 0 heterocycles. The molecule has 0 aliphatic heterocycles. The second kappa shape index (κ2) is 7.84.